The van der Waals surface area contributed by atoms with Gasteiger partial charge in [0, 0.05) is 45.0 Å². The highest BCUT2D eigenvalue weighted by Crippen LogP contribution is 2.27. The first-order valence-electron chi connectivity index (χ1n) is 9.93. The van der Waals surface area contributed by atoms with Crippen LogP contribution in [0.3, 0.4) is 0 Å². The molecule has 1 aliphatic carbocycles. The number of amides is 2. The van der Waals surface area contributed by atoms with Crippen LogP contribution in [0.5, 0.6) is 5.88 Å². The van der Waals surface area contributed by atoms with E-state index in [0.717, 1.165) is 32.1 Å². The molecule has 0 atom stereocenters. The second-order valence-corrected chi connectivity index (χ2v) is 7.25. The standard InChI is InChI=1S/C20H29N3O5/c1-26-11-12-27-14-19(24)23-9-7-17(8-10-23)28-18-6-5-16(13-21-18)22-20(25)15-3-2-4-15/h5-6,13,15,17H,2-4,7-12,14H2,1H3,(H,22,25). The van der Waals surface area contributed by atoms with Gasteiger partial charge >= 0.3 is 0 Å². The highest BCUT2D eigenvalue weighted by Gasteiger charge is 2.26. The maximum atomic E-state index is 12.1. The molecule has 154 valence electrons. The SMILES string of the molecule is COCCOCC(=O)N1CCC(Oc2ccc(NC(=O)C3CCC3)cn2)CC1. The van der Waals surface area contributed by atoms with Crippen LogP contribution >= 0.6 is 0 Å². The van der Waals surface area contributed by atoms with Crippen LogP contribution in [-0.2, 0) is 19.1 Å². The van der Waals surface area contributed by atoms with Crippen LogP contribution in [0.2, 0.25) is 0 Å². The molecule has 2 fully saturated rings. The molecule has 1 saturated heterocycles. The molecule has 8 nitrogen and oxygen atoms in total. The topological polar surface area (TPSA) is 90.0 Å². The number of hydrogen-bond donors (Lipinski definition) is 1. The van der Waals surface area contributed by atoms with Gasteiger partial charge in [0.05, 0.1) is 25.1 Å². The largest absolute Gasteiger partial charge is 0.474 e. The van der Waals surface area contributed by atoms with E-state index < -0.39 is 0 Å². The van der Waals surface area contributed by atoms with Crippen LogP contribution < -0.4 is 10.1 Å². The highest BCUT2D eigenvalue weighted by atomic mass is 16.5. The molecule has 0 aromatic carbocycles. The third-order valence-electron chi connectivity index (χ3n) is 5.22. The first-order valence-corrected chi connectivity index (χ1v) is 9.93. The zero-order valence-corrected chi connectivity index (χ0v) is 16.4. The minimum absolute atomic E-state index is 0.000708. The number of ether oxygens (including phenoxy) is 3. The Labute approximate surface area is 165 Å². The van der Waals surface area contributed by atoms with Crippen LogP contribution in [-0.4, -0.2) is 67.8 Å². The van der Waals surface area contributed by atoms with Gasteiger partial charge in [-0.3, -0.25) is 9.59 Å². The normalized spacial score (nSPS) is 17.8. The summed E-state index contributed by atoms with van der Waals surface area (Å²) in [6.45, 7) is 2.29. The van der Waals surface area contributed by atoms with Gasteiger partial charge in [0.25, 0.3) is 0 Å². The number of rotatable bonds is 9. The van der Waals surface area contributed by atoms with Gasteiger partial charge in [0.2, 0.25) is 17.7 Å². The van der Waals surface area contributed by atoms with E-state index >= 15 is 0 Å². The molecule has 28 heavy (non-hydrogen) atoms. The number of likely N-dealkylation sites (tertiary alicyclic amines) is 1. The van der Waals surface area contributed by atoms with E-state index in [9.17, 15) is 9.59 Å². The molecule has 1 aromatic heterocycles. The minimum Gasteiger partial charge on any atom is -0.474 e. The van der Waals surface area contributed by atoms with Crippen molar-refractivity contribution in [2.75, 3.05) is 45.3 Å². The molecule has 1 saturated carbocycles. The summed E-state index contributed by atoms with van der Waals surface area (Å²) in [5, 5.41) is 2.90. The third-order valence-corrected chi connectivity index (χ3v) is 5.22. The maximum absolute atomic E-state index is 12.1. The van der Waals surface area contributed by atoms with E-state index in [1.165, 1.54) is 0 Å². The number of hydrogen-bond acceptors (Lipinski definition) is 6. The highest BCUT2D eigenvalue weighted by molar-refractivity contribution is 5.92. The number of nitrogens with one attached hydrogen (secondary N) is 1. The van der Waals surface area contributed by atoms with E-state index in [4.69, 9.17) is 14.2 Å². The Morgan fingerprint density at radius 2 is 1.96 bits per heavy atom. The summed E-state index contributed by atoms with van der Waals surface area (Å²) in [7, 11) is 1.60. The Morgan fingerprint density at radius 1 is 1.18 bits per heavy atom. The predicted octanol–water partition coefficient (Wildman–Crippen LogP) is 1.85. The molecule has 0 spiro atoms. The first-order chi connectivity index (χ1) is 13.7. The van der Waals surface area contributed by atoms with Gasteiger partial charge in [-0.05, 0) is 18.9 Å². The zero-order chi connectivity index (χ0) is 19.8. The molecule has 1 N–H and O–H groups in total. The van der Waals surface area contributed by atoms with Crippen molar-refractivity contribution in [1.29, 1.82) is 0 Å². The molecule has 0 bridgehead atoms. The third kappa shape index (κ3) is 5.90. The first kappa shape index (κ1) is 20.5. The molecule has 8 heteroatoms. The second-order valence-electron chi connectivity index (χ2n) is 7.25. The summed E-state index contributed by atoms with van der Waals surface area (Å²) < 4.78 is 16.1. The summed E-state index contributed by atoms with van der Waals surface area (Å²) >= 11 is 0. The van der Waals surface area contributed by atoms with Crippen molar-refractivity contribution in [3.63, 3.8) is 0 Å². The maximum Gasteiger partial charge on any atom is 0.248 e. The van der Waals surface area contributed by atoms with Crippen LogP contribution in [0.25, 0.3) is 0 Å². The van der Waals surface area contributed by atoms with Crippen molar-refractivity contribution >= 4 is 17.5 Å². The van der Waals surface area contributed by atoms with E-state index in [0.29, 0.717) is 37.9 Å². The fraction of sp³-hybridized carbons (Fsp3) is 0.650. The molecule has 3 rings (SSSR count). The number of aromatic nitrogens is 1. The summed E-state index contributed by atoms with van der Waals surface area (Å²) in [6.07, 6.45) is 6.25. The van der Waals surface area contributed by atoms with Crippen LogP contribution in [0.1, 0.15) is 32.1 Å². The van der Waals surface area contributed by atoms with E-state index in [1.807, 2.05) is 6.07 Å². The zero-order valence-electron chi connectivity index (χ0n) is 16.4. The summed E-state index contributed by atoms with van der Waals surface area (Å²) in [5.41, 5.74) is 0.693. The lowest BCUT2D eigenvalue weighted by atomic mass is 9.85. The van der Waals surface area contributed by atoms with Crippen molar-refractivity contribution in [2.45, 2.75) is 38.2 Å². The summed E-state index contributed by atoms with van der Waals surface area (Å²) in [5.74, 6) is 0.757. The number of anilines is 1. The van der Waals surface area contributed by atoms with Crippen LogP contribution in [0.15, 0.2) is 18.3 Å². The lowest BCUT2D eigenvalue weighted by molar-refractivity contribution is -0.138. The Bertz CT molecular complexity index is 640. The molecule has 2 heterocycles. The van der Waals surface area contributed by atoms with Crippen molar-refractivity contribution in [1.82, 2.24) is 9.88 Å². The van der Waals surface area contributed by atoms with Gasteiger partial charge in [0.15, 0.2) is 0 Å². The van der Waals surface area contributed by atoms with Crippen molar-refractivity contribution in [3.8, 4) is 5.88 Å². The van der Waals surface area contributed by atoms with Gasteiger partial charge in [-0.2, -0.15) is 0 Å². The molecular weight excluding hydrogens is 362 g/mol. The molecule has 0 unspecified atom stereocenters. The second kappa shape index (κ2) is 10.4. The number of nitrogens with zero attached hydrogens (tertiary/aromatic N) is 2. The average Bonchev–Trinajstić information content (AvgIpc) is 2.66. The van der Waals surface area contributed by atoms with Crippen molar-refractivity contribution < 1.29 is 23.8 Å². The molecule has 1 aromatic rings. The fourth-order valence-corrected chi connectivity index (χ4v) is 3.23. The van der Waals surface area contributed by atoms with E-state index in [-0.39, 0.29) is 30.4 Å². The Balaban J connectivity index is 1.37. The molecule has 2 amide bonds. The van der Waals surface area contributed by atoms with Gasteiger partial charge in [-0.15, -0.1) is 0 Å². The van der Waals surface area contributed by atoms with Gasteiger partial charge < -0.3 is 24.4 Å². The van der Waals surface area contributed by atoms with Crippen LogP contribution in [0, 0.1) is 5.92 Å². The smallest absolute Gasteiger partial charge is 0.248 e. The molecule has 0 radical (unpaired) electrons. The Morgan fingerprint density at radius 3 is 2.57 bits per heavy atom. The van der Waals surface area contributed by atoms with Crippen molar-refractivity contribution in [3.05, 3.63) is 18.3 Å². The minimum atomic E-state index is -0.000708. The van der Waals surface area contributed by atoms with E-state index in [2.05, 4.69) is 10.3 Å². The van der Waals surface area contributed by atoms with Gasteiger partial charge in [-0.25, -0.2) is 4.98 Å². The number of carbonyl (C=O) groups is 2. The number of methoxy groups -OCH3 is 1. The van der Waals surface area contributed by atoms with E-state index in [1.54, 1.807) is 24.3 Å². The molecule has 2 aliphatic rings. The Kier molecular flexibility index (Phi) is 7.62. The number of piperidine rings is 1. The Hall–Kier alpha value is -2.19. The summed E-state index contributed by atoms with van der Waals surface area (Å²) in [6, 6.07) is 3.59. The molecule has 1 aliphatic heterocycles. The molecular formula is C20H29N3O5. The quantitative estimate of drug-likeness (QED) is 0.646. The summed E-state index contributed by atoms with van der Waals surface area (Å²) in [4.78, 5) is 30.2. The van der Waals surface area contributed by atoms with Crippen molar-refractivity contribution in [2.24, 2.45) is 5.92 Å². The van der Waals surface area contributed by atoms with Gasteiger partial charge in [0.1, 0.15) is 12.7 Å². The average molecular weight is 391 g/mol. The lowest BCUT2D eigenvalue weighted by Crippen LogP contribution is -2.43. The fourth-order valence-electron chi connectivity index (χ4n) is 3.23. The predicted molar refractivity (Wildman–Crippen MR) is 103 cm³/mol. The van der Waals surface area contributed by atoms with Gasteiger partial charge in [-0.1, -0.05) is 6.42 Å². The lowest BCUT2D eigenvalue weighted by Gasteiger charge is -2.31. The van der Waals surface area contributed by atoms with Crippen LogP contribution in [0.4, 0.5) is 5.69 Å². The monoisotopic (exact) mass is 391 g/mol. The number of pyridine rings is 1. The number of carbonyl (C=O) groups excluding carboxylic acids is 2.